The average Bonchev–Trinajstić information content (AvgIpc) is 3.12. The molecule has 20 heavy (non-hydrogen) atoms. The average molecular weight is 284 g/mol. The predicted molar refractivity (Wildman–Crippen MR) is 78.3 cm³/mol. The lowest BCUT2D eigenvalue weighted by Crippen LogP contribution is -2.52. The quantitative estimate of drug-likeness (QED) is 0.799. The summed E-state index contributed by atoms with van der Waals surface area (Å²) in [5, 5.41) is 3.29. The Labute approximate surface area is 122 Å². The summed E-state index contributed by atoms with van der Waals surface area (Å²) in [7, 11) is 0. The van der Waals surface area contributed by atoms with Crippen LogP contribution in [0.1, 0.15) is 47.0 Å². The molecule has 1 N–H and O–H groups in total. The van der Waals surface area contributed by atoms with Crippen LogP contribution in [0.3, 0.4) is 0 Å². The van der Waals surface area contributed by atoms with Crippen LogP contribution in [0.4, 0.5) is 0 Å². The molecular formula is C15H28N2O3. The molecule has 1 saturated heterocycles. The number of hydrogen-bond acceptors (Lipinski definition) is 4. The van der Waals surface area contributed by atoms with Crippen molar-refractivity contribution in [2.24, 2.45) is 5.92 Å². The fraction of sp³-hybridized carbons (Fsp3) is 0.867. The van der Waals surface area contributed by atoms with Gasteiger partial charge in [-0.25, -0.2) is 0 Å². The minimum Gasteiger partial charge on any atom is -0.462 e. The van der Waals surface area contributed by atoms with E-state index in [0.717, 1.165) is 32.0 Å². The molecule has 1 aliphatic carbocycles. The van der Waals surface area contributed by atoms with Crippen molar-refractivity contribution >= 4 is 12.4 Å². The van der Waals surface area contributed by atoms with E-state index in [9.17, 15) is 9.59 Å². The standard InChI is InChI=1S/C10H18N2O.C5H10O2/c1-8-7-11-4-5-12(8)10(13)6-9-2-3-9;1-5(2,3)7-4-6/h8-9,11H,2-7H2,1H3;4H,1-3H3/t8-;/m1./s1. The molecule has 2 aliphatic rings. The van der Waals surface area contributed by atoms with Crippen LogP contribution in [-0.2, 0) is 14.3 Å². The number of nitrogens with one attached hydrogen (secondary N) is 1. The second-order valence-corrected chi connectivity index (χ2v) is 6.61. The summed E-state index contributed by atoms with van der Waals surface area (Å²) in [4.78, 5) is 23.4. The molecule has 0 aromatic rings. The first-order chi connectivity index (χ1) is 9.33. The van der Waals surface area contributed by atoms with Gasteiger partial charge >= 0.3 is 0 Å². The van der Waals surface area contributed by atoms with Crippen LogP contribution in [0.2, 0.25) is 0 Å². The molecule has 0 spiro atoms. The highest BCUT2D eigenvalue weighted by atomic mass is 16.5. The molecule has 0 aromatic carbocycles. The molecule has 1 atom stereocenters. The van der Waals surface area contributed by atoms with Crippen LogP contribution < -0.4 is 5.32 Å². The molecule has 1 amide bonds. The van der Waals surface area contributed by atoms with Crippen LogP contribution in [0, 0.1) is 5.92 Å². The first kappa shape index (κ1) is 17.0. The van der Waals surface area contributed by atoms with Crippen LogP contribution >= 0.6 is 0 Å². The van der Waals surface area contributed by atoms with E-state index in [2.05, 4.69) is 17.0 Å². The fourth-order valence-corrected chi connectivity index (χ4v) is 2.04. The molecule has 2 rings (SSSR count). The van der Waals surface area contributed by atoms with E-state index >= 15 is 0 Å². The van der Waals surface area contributed by atoms with E-state index < -0.39 is 0 Å². The minimum atomic E-state index is -0.318. The van der Waals surface area contributed by atoms with Crippen LogP contribution in [0.15, 0.2) is 0 Å². The maximum atomic E-state index is 11.8. The maximum Gasteiger partial charge on any atom is 0.293 e. The Morgan fingerprint density at radius 1 is 1.40 bits per heavy atom. The normalized spacial score (nSPS) is 22.6. The molecule has 0 unspecified atom stereocenters. The Hall–Kier alpha value is -1.10. The van der Waals surface area contributed by atoms with Gasteiger partial charge in [-0.15, -0.1) is 0 Å². The lowest BCUT2D eigenvalue weighted by Gasteiger charge is -2.34. The summed E-state index contributed by atoms with van der Waals surface area (Å²) in [6.07, 6.45) is 3.34. The Balaban J connectivity index is 0.000000246. The molecule has 1 heterocycles. The van der Waals surface area contributed by atoms with Gasteiger partial charge in [-0.2, -0.15) is 0 Å². The Morgan fingerprint density at radius 2 is 2.05 bits per heavy atom. The summed E-state index contributed by atoms with van der Waals surface area (Å²) in [6, 6.07) is 0.389. The molecule has 0 aromatic heterocycles. The number of hydrogen-bond donors (Lipinski definition) is 1. The van der Waals surface area contributed by atoms with E-state index in [-0.39, 0.29) is 5.60 Å². The largest absolute Gasteiger partial charge is 0.462 e. The van der Waals surface area contributed by atoms with Gasteiger partial charge in [0.05, 0.1) is 0 Å². The molecule has 1 aliphatic heterocycles. The van der Waals surface area contributed by atoms with Crippen molar-refractivity contribution in [3.8, 4) is 0 Å². The third-order valence-corrected chi connectivity index (χ3v) is 3.38. The molecule has 5 heteroatoms. The smallest absolute Gasteiger partial charge is 0.293 e. The van der Waals surface area contributed by atoms with Gasteiger partial charge in [-0.3, -0.25) is 9.59 Å². The zero-order valence-electron chi connectivity index (χ0n) is 13.1. The molecule has 0 bridgehead atoms. The van der Waals surface area contributed by atoms with Gasteiger partial charge < -0.3 is 15.0 Å². The van der Waals surface area contributed by atoms with Crippen LogP contribution in [0.25, 0.3) is 0 Å². The summed E-state index contributed by atoms with van der Waals surface area (Å²) >= 11 is 0. The fourth-order valence-electron chi connectivity index (χ4n) is 2.04. The monoisotopic (exact) mass is 284 g/mol. The summed E-state index contributed by atoms with van der Waals surface area (Å²) in [5.41, 5.74) is -0.318. The third kappa shape index (κ3) is 6.89. The van der Waals surface area contributed by atoms with E-state index in [1.165, 1.54) is 12.8 Å². The summed E-state index contributed by atoms with van der Waals surface area (Å²) in [5.74, 6) is 1.09. The zero-order chi connectivity index (χ0) is 15.2. The minimum absolute atomic E-state index is 0.318. The summed E-state index contributed by atoms with van der Waals surface area (Å²) < 4.78 is 4.55. The lowest BCUT2D eigenvalue weighted by molar-refractivity contribution is -0.138. The highest BCUT2D eigenvalue weighted by Gasteiger charge is 2.29. The highest BCUT2D eigenvalue weighted by molar-refractivity contribution is 5.77. The first-order valence-electron chi connectivity index (χ1n) is 7.45. The first-order valence-corrected chi connectivity index (χ1v) is 7.45. The van der Waals surface area contributed by atoms with Crippen molar-refractivity contribution < 1.29 is 14.3 Å². The number of ether oxygens (including phenoxy) is 1. The van der Waals surface area contributed by atoms with E-state index in [1.54, 1.807) is 0 Å². The summed E-state index contributed by atoms with van der Waals surface area (Å²) in [6.45, 7) is 10.9. The van der Waals surface area contributed by atoms with Crippen molar-refractivity contribution in [2.75, 3.05) is 19.6 Å². The molecule has 5 nitrogen and oxygen atoms in total. The highest BCUT2D eigenvalue weighted by Crippen LogP contribution is 2.33. The number of carbonyl (C=O) groups excluding carboxylic acids is 2. The van der Waals surface area contributed by atoms with Crippen molar-refractivity contribution in [1.29, 1.82) is 0 Å². The predicted octanol–water partition coefficient (Wildman–Crippen LogP) is 1.56. The molecular weight excluding hydrogens is 256 g/mol. The number of rotatable bonds is 3. The van der Waals surface area contributed by atoms with E-state index in [0.29, 0.717) is 18.4 Å². The van der Waals surface area contributed by atoms with Gasteiger partial charge in [0.25, 0.3) is 6.47 Å². The molecule has 0 radical (unpaired) electrons. The second-order valence-electron chi connectivity index (χ2n) is 6.61. The topological polar surface area (TPSA) is 58.6 Å². The third-order valence-electron chi connectivity index (χ3n) is 3.38. The SMILES string of the molecule is CC(C)(C)OC=O.C[C@@H]1CNCCN1C(=O)CC1CC1. The Morgan fingerprint density at radius 3 is 2.45 bits per heavy atom. The number of amides is 1. The van der Waals surface area contributed by atoms with Crippen LogP contribution in [-0.4, -0.2) is 48.6 Å². The molecule has 116 valence electrons. The van der Waals surface area contributed by atoms with Gasteiger partial charge in [-0.05, 0) is 46.5 Å². The van der Waals surface area contributed by atoms with Gasteiger partial charge in [0, 0.05) is 32.1 Å². The maximum absolute atomic E-state index is 11.8. The van der Waals surface area contributed by atoms with Crippen molar-refractivity contribution in [2.45, 2.75) is 58.6 Å². The molecule has 1 saturated carbocycles. The van der Waals surface area contributed by atoms with Gasteiger partial charge in [0.1, 0.15) is 5.60 Å². The zero-order valence-corrected chi connectivity index (χ0v) is 13.1. The van der Waals surface area contributed by atoms with E-state index in [1.807, 2.05) is 25.7 Å². The number of nitrogens with zero attached hydrogens (tertiary/aromatic N) is 1. The molecule has 2 fully saturated rings. The van der Waals surface area contributed by atoms with Gasteiger partial charge in [-0.1, -0.05) is 0 Å². The number of piperazine rings is 1. The number of carbonyl (C=O) groups is 2. The van der Waals surface area contributed by atoms with Crippen molar-refractivity contribution in [1.82, 2.24) is 10.2 Å². The Bertz CT molecular complexity index is 322. The van der Waals surface area contributed by atoms with Gasteiger partial charge in [0.15, 0.2) is 0 Å². The lowest BCUT2D eigenvalue weighted by atomic mass is 10.2. The Kier molecular flexibility index (Phi) is 6.46. The van der Waals surface area contributed by atoms with E-state index in [4.69, 9.17) is 0 Å². The van der Waals surface area contributed by atoms with Crippen molar-refractivity contribution in [3.05, 3.63) is 0 Å². The van der Waals surface area contributed by atoms with Gasteiger partial charge in [0.2, 0.25) is 5.91 Å². The van der Waals surface area contributed by atoms with Crippen LogP contribution in [0.5, 0.6) is 0 Å². The second kappa shape index (κ2) is 7.62. The van der Waals surface area contributed by atoms with Crippen molar-refractivity contribution in [3.63, 3.8) is 0 Å².